The molecule has 2 heterocycles. The molecule has 3 rings (SSSR count). The molecular formula is C20H26FN3O5. The third kappa shape index (κ3) is 5.52. The van der Waals surface area contributed by atoms with E-state index in [1.807, 2.05) is 6.07 Å². The monoisotopic (exact) mass is 407 g/mol. The van der Waals surface area contributed by atoms with E-state index in [1.54, 1.807) is 15.9 Å². The van der Waals surface area contributed by atoms with Gasteiger partial charge in [-0.3, -0.25) is 19.2 Å². The van der Waals surface area contributed by atoms with Gasteiger partial charge in [-0.1, -0.05) is 12.1 Å². The van der Waals surface area contributed by atoms with Gasteiger partial charge in [-0.2, -0.15) is 0 Å². The zero-order valence-corrected chi connectivity index (χ0v) is 16.3. The summed E-state index contributed by atoms with van der Waals surface area (Å²) in [6, 6.07) is 6.13. The molecule has 158 valence electrons. The second-order valence-electron chi connectivity index (χ2n) is 7.32. The number of primary amides is 1. The highest BCUT2D eigenvalue weighted by molar-refractivity contribution is 5.79. The van der Waals surface area contributed by atoms with E-state index in [2.05, 4.69) is 0 Å². The maximum atomic E-state index is 13.7. The molecule has 0 unspecified atom stereocenters. The Balaban J connectivity index is 0.000000941. The van der Waals surface area contributed by atoms with Crippen LogP contribution >= 0.6 is 0 Å². The molecule has 3 amide bonds. The minimum atomic E-state index is -0.403. The smallest absolute Gasteiger partial charge is 0.290 e. The molecule has 3 atom stereocenters. The van der Waals surface area contributed by atoms with Crippen molar-refractivity contribution in [1.82, 2.24) is 9.80 Å². The van der Waals surface area contributed by atoms with Crippen LogP contribution in [0.2, 0.25) is 0 Å². The first-order valence-electron chi connectivity index (χ1n) is 9.45. The Bertz CT molecular complexity index is 772. The first-order chi connectivity index (χ1) is 13.8. The van der Waals surface area contributed by atoms with Crippen molar-refractivity contribution in [1.29, 1.82) is 0 Å². The summed E-state index contributed by atoms with van der Waals surface area (Å²) < 4.78 is 13.7. The van der Waals surface area contributed by atoms with Gasteiger partial charge < -0.3 is 20.6 Å². The number of nitrogens with zero attached hydrogens (tertiary/aromatic N) is 2. The summed E-state index contributed by atoms with van der Waals surface area (Å²) >= 11 is 0. The Kier molecular flexibility index (Phi) is 7.69. The highest BCUT2D eigenvalue weighted by atomic mass is 19.1. The standard InChI is InChI=1S/C19H24FN3O3.CH2O2/c1-12(24)23-10-14-9-22(18(26)7-3-6-17(21)25)11-16(14)19(23)13-4-2-5-15(20)8-13;2-1-3/h2,4-5,8,14,16,19H,3,6-7,9-11H2,1H3,(H2,21,25);1H,(H,2,3)/t14-,16-,19+;/m1./s1. The Morgan fingerprint density at radius 2 is 1.93 bits per heavy atom. The number of likely N-dealkylation sites (tertiary alicyclic amines) is 2. The molecule has 2 saturated heterocycles. The minimum Gasteiger partial charge on any atom is -0.483 e. The van der Waals surface area contributed by atoms with Gasteiger partial charge in [0.1, 0.15) is 5.82 Å². The van der Waals surface area contributed by atoms with Crippen molar-refractivity contribution in [2.45, 2.75) is 32.2 Å². The van der Waals surface area contributed by atoms with E-state index in [1.165, 1.54) is 19.1 Å². The topological polar surface area (TPSA) is 121 Å². The van der Waals surface area contributed by atoms with Gasteiger partial charge in [0.25, 0.3) is 6.47 Å². The first kappa shape index (κ1) is 22.3. The summed E-state index contributed by atoms with van der Waals surface area (Å²) in [6.07, 6.45) is 0.951. The number of rotatable bonds is 5. The van der Waals surface area contributed by atoms with E-state index < -0.39 is 5.91 Å². The third-order valence-corrected chi connectivity index (χ3v) is 5.43. The summed E-state index contributed by atoms with van der Waals surface area (Å²) in [6.45, 7) is 2.99. The number of halogens is 1. The number of fused-ring (bicyclic) bond motifs is 1. The zero-order valence-electron chi connectivity index (χ0n) is 16.3. The lowest BCUT2D eigenvalue weighted by molar-refractivity contribution is -0.132. The molecular weight excluding hydrogens is 381 g/mol. The van der Waals surface area contributed by atoms with Crippen LogP contribution in [0.4, 0.5) is 4.39 Å². The normalized spacial score (nSPS) is 22.5. The van der Waals surface area contributed by atoms with Crippen LogP contribution in [0, 0.1) is 17.7 Å². The van der Waals surface area contributed by atoms with Gasteiger partial charge in [0.05, 0.1) is 6.04 Å². The highest BCUT2D eigenvalue weighted by Gasteiger charge is 2.49. The summed E-state index contributed by atoms with van der Waals surface area (Å²) in [5.74, 6) is -0.472. The Morgan fingerprint density at radius 3 is 2.52 bits per heavy atom. The van der Waals surface area contributed by atoms with Gasteiger partial charge in [-0.25, -0.2) is 4.39 Å². The van der Waals surface area contributed by atoms with Crippen LogP contribution in [0.5, 0.6) is 0 Å². The molecule has 3 N–H and O–H groups in total. The van der Waals surface area contributed by atoms with Gasteiger partial charge in [-0.15, -0.1) is 0 Å². The second kappa shape index (κ2) is 9.99. The molecule has 2 fully saturated rings. The highest BCUT2D eigenvalue weighted by Crippen LogP contribution is 2.45. The van der Waals surface area contributed by atoms with Crippen molar-refractivity contribution in [2.24, 2.45) is 17.6 Å². The average molecular weight is 407 g/mol. The number of carbonyl (C=O) groups excluding carboxylic acids is 3. The predicted octanol–water partition coefficient (Wildman–Crippen LogP) is 1.16. The van der Waals surface area contributed by atoms with E-state index in [4.69, 9.17) is 15.6 Å². The number of hydrogen-bond acceptors (Lipinski definition) is 4. The lowest BCUT2D eigenvalue weighted by Gasteiger charge is -2.29. The van der Waals surface area contributed by atoms with Crippen molar-refractivity contribution >= 4 is 24.2 Å². The van der Waals surface area contributed by atoms with Gasteiger partial charge in [0.2, 0.25) is 17.7 Å². The van der Waals surface area contributed by atoms with E-state index in [9.17, 15) is 18.8 Å². The van der Waals surface area contributed by atoms with Crippen LogP contribution in [0.1, 0.15) is 37.8 Å². The van der Waals surface area contributed by atoms with Gasteiger partial charge in [0, 0.05) is 51.2 Å². The molecule has 2 aliphatic rings. The summed E-state index contributed by atoms with van der Waals surface area (Å²) in [5.41, 5.74) is 5.89. The molecule has 0 aliphatic carbocycles. The number of carbonyl (C=O) groups is 4. The van der Waals surface area contributed by atoms with E-state index in [0.717, 1.165) is 5.56 Å². The number of amides is 3. The van der Waals surface area contributed by atoms with Crippen LogP contribution in [0.25, 0.3) is 0 Å². The fourth-order valence-electron chi connectivity index (χ4n) is 4.26. The second-order valence-corrected chi connectivity index (χ2v) is 7.32. The predicted molar refractivity (Wildman–Crippen MR) is 102 cm³/mol. The largest absolute Gasteiger partial charge is 0.483 e. The van der Waals surface area contributed by atoms with Crippen molar-refractivity contribution in [3.63, 3.8) is 0 Å². The van der Waals surface area contributed by atoms with Crippen LogP contribution in [-0.4, -0.2) is 58.7 Å². The van der Waals surface area contributed by atoms with E-state index >= 15 is 0 Å². The molecule has 0 saturated carbocycles. The number of carboxylic acid groups (broad SMARTS) is 1. The maximum Gasteiger partial charge on any atom is 0.290 e. The molecule has 2 aliphatic heterocycles. The van der Waals surface area contributed by atoms with Gasteiger partial charge in [0.15, 0.2) is 0 Å². The minimum absolute atomic E-state index is 0.00742. The molecule has 0 radical (unpaired) electrons. The van der Waals surface area contributed by atoms with Crippen LogP contribution in [0.3, 0.4) is 0 Å². The fraction of sp³-hybridized carbons (Fsp3) is 0.500. The van der Waals surface area contributed by atoms with Crippen molar-refractivity contribution in [2.75, 3.05) is 19.6 Å². The molecule has 0 bridgehead atoms. The lowest BCUT2D eigenvalue weighted by Crippen LogP contribution is -2.36. The van der Waals surface area contributed by atoms with Crippen molar-refractivity contribution in [3.05, 3.63) is 35.6 Å². The molecule has 29 heavy (non-hydrogen) atoms. The number of nitrogens with two attached hydrogens (primary N) is 1. The van der Waals surface area contributed by atoms with E-state index in [0.29, 0.717) is 32.5 Å². The Labute approximate surface area is 168 Å². The van der Waals surface area contributed by atoms with Crippen molar-refractivity contribution < 1.29 is 28.7 Å². The quantitative estimate of drug-likeness (QED) is 0.710. The molecule has 9 heteroatoms. The fourth-order valence-corrected chi connectivity index (χ4v) is 4.26. The van der Waals surface area contributed by atoms with Crippen LogP contribution in [-0.2, 0) is 19.2 Å². The van der Waals surface area contributed by atoms with Gasteiger partial charge >= 0.3 is 0 Å². The van der Waals surface area contributed by atoms with E-state index in [-0.39, 0.29) is 48.4 Å². The molecule has 0 aromatic heterocycles. The summed E-state index contributed by atoms with van der Waals surface area (Å²) in [4.78, 5) is 47.3. The van der Waals surface area contributed by atoms with Gasteiger partial charge in [-0.05, 0) is 24.1 Å². The Morgan fingerprint density at radius 1 is 1.24 bits per heavy atom. The summed E-state index contributed by atoms with van der Waals surface area (Å²) in [7, 11) is 0. The zero-order chi connectivity index (χ0) is 21.6. The third-order valence-electron chi connectivity index (χ3n) is 5.43. The SMILES string of the molecule is CC(=O)N1C[C@H]2CN(C(=O)CCCC(N)=O)C[C@H]2[C@@H]1c1cccc(F)c1.O=CO. The van der Waals surface area contributed by atoms with Crippen LogP contribution < -0.4 is 5.73 Å². The number of benzene rings is 1. The Hall–Kier alpha value is -2.97. The first-order valence-corrected chi connectivity index (χ1v) is 9.45. The summed E-state index contributed by atoms with van der Waals surface area (Å²) in [5, 5.41) is 6.89. The lowest BCUT2D eigenvalue weighted by atomic mass is 9.89. The molecule has 1 aromatic rings. The molecule has 8 nitrogen and oxygen atoms in total. The average Bonchev–Trinajstić information content (AvgIpc) is 3.19. The van der Waals surface area contributed by atoms with Crippen LogP contribution in [0.15, 0.2) is 24.3 Å². The molecule has 1 aromatic carbocycles. The van der Waals surface area contributed by atoms with Crippen molar-refractivity contribution in [3.8, 4) is 0 Å². The maximum absolute atomic E-state index is 13.7. The molecule has 0 spiro atoms. The number of hydrogen-bond donors (Lipinski definition) is 2.